The Morgan fingerprint density at radius 3 is 2.55 bits per heavy atom. The van der Waals surface area contributed by atoms with Gasteiger partial charge in [-0.2, -0.15) is 5.26 Å². The minimum Gasteiger partial charge on any atom is -0.260 e. The van der Waals surface area contributed by atoms with Crippen LogP contribution in [0.2, 0.25) is 0 Å². The van der Waals surface area contributed by atoms with E-state index in [1.807, 2.05) is 30.5 Å². The lowest BCUT2D eigenvalue weighted by Crippen LogP contribution is -2.14. The van der Waals surface area contributed by atoms with E-state index >= 15 is 0 Å². The fourth-order valence-corrected chi connectivity index (χ4v) is 2.22. The summed E-state index contributed by atoms with van der Waals surface area (Å²) in [4.78, 5) is 4.61. The van der Waals surface area contributed by atoms with Crippen LogP contribution in [-0.2, 0) is 11.8 Å². The first-order chi connectivity index (χ1) is 9.45. The van der Waals surface area contributed by atoms with Crippen molar-refractivity contribution in [3.8, 4) is 17.2 Å². The van der Waals surface area contributed by atoms with Crippen molar-refractivity contribution < 1.29 is 0 Å². The maximum atomic E-state index is 9.02. The van der Waals surface area contributed by atoms with E-state index in [0.29, 0.717) is 5.56 Å². The normalized spacial score (nSPS) is 11.2. The molecule has 2 aromatic rings. The van der Waals surface area contributed by atoms with Gasteiger partial charge in [-0.25, -0.2) is 0 Å². The van der Waals surface area contributed by atoms with Crippen molar-refractivity contribution in [2.75, 3.05) is 0 Å². The quantitative estimate of drug-likeness (QED) is 0.801. The molecule has 0 aliphatic heterocycles. The molecule has 2 heteroatoms. The second kappa shape index (κ2) is 5.46. The molecule has 0 radical (unpaired) electrons. The topological polar surface area (TPSA) is 36.7 Å². The van der Waals surface area contributed by atoms with E-state index in [4.69, 9.17) is 5.26 Å². The van der Waals surface area contributed by atoms with Crippen LogP contribution in [0.5, 0.6) is 0 Å². The van der Waals surface area contributed by atoms with Gasteiger partial charge in [-0.05, 0) is 35.7 Å². The molecule has 2 rings (SSSR count). The number of benzene rings is 1. The average molecular weight is 264 g/mol. The first kappa shape index (κ1) is 14.3. The fraction of sp³-hybridized carbons (Fsp3) is 0.333. The molecular weight excluding hydrogens is 244 g/mol. The molecule has 0 saturated carbocycles. The van der Waals surface area contributed by atoms with Crippen molar-refractivity contribution in [2.24, 2.45) is 0 Å². The molecule has 1 heterocycles. The number of aryl methyl sites for hydroxylation is 1. The third-order valence-corrected chi connectivity index (χ3v) is 3.44. The molecule has 0 atom stereocenters. The summed E-state index contributed by atoms with van der Waals surface area (Å²) in [6, 6.07) is 12.1. The lowest BCUT2D eigenvalue weighted by molar-refractivity contribution is 0.568. The van der Waals surface area contributed by atoms with E-state index in [1.165, 1.54) is 5.56 Å². The molecule has 0 aliphatic rings. The number of pyridine rings is 1. The fourth-order valence-electron chi connectivity index (χ4n) is 2.22. The predicted molar refractivity (Wildman–Crippen MR) is 82.5 cm³/mol. The maximum Gasteiger partial charge on any atom is 0.0991 e. The lowest BCUT2D eigenvalue weighted by Gasteiger charge is -2.20. The van der Waals surface area contributed by atoms with E-state index in [-0.39, 0.29) is 5.41 Å². The Morgan fingerprint density at radius 2 is 1.95 bits per heavy atom. The van der Waals surface area contributed by atoms with E-state index in [9.17, 15) is 0 Å². The zero-order chi connectivity index (χ0) is 14.8. The van der Waals surface area contributed by atoms with Crippen LogP contribution >= 0.6 is 0 Å². The Bertz CT molecular complexity index is 658. The van der Waals surface area contributed by atoms with Crippen LogP contribution in [0.15, 0.2) is 36.5 Å². The van der Waals surface area contributed by atoms with Gasteiger partial charge < -0.3 is 0 Å². The van der Waals surface area contributed by atoms with E-state index in [0.717, 1.165) is 23.2 Å². The first-order valence-electron chi connectivity index (χ1n) is 6.95. The van der Waals surface area contributed by atoms with Gasteiger partial charge in [-0.1, -0.05) is 39.8 Å². The lowest BCUT2D eigenvalue weighted by atomic mass is 9.88. The van der Waals surface area contributed by atoms with Crippen molar-refractivity contribution in [2.45, 2.75) is 39.5 Å². The van der Waals surface area contributed by atoms with Crippen molar-refractivity contribution >= 4 is 0 Å². The Morgan fingerprint density at radius 1 is 1.20 bits per heavy atom. The van der Waals surface area contributed by atoms with Crippen LogP contribution in [0.3, 0.4) is 0 Å². The van der Waals surface area contributed by atoms with Crippen LogP contribution in [0, 0.1) is 11.3 Å². The molecule has 0 saturated heterocycles. The highest BCUT2D eigenvalue weighted by Crippen LogP contribution is 2.28. The highest BCUT2D eigenvalue weighted by atomic mass is 14.7. The molecule has 0 N–H and O–H groups in total. The standard InChI is InChI=1S/C18H20N2/c1-5-14-10-17(18(2,3)4)20-12-16(14)15-8-6-7-13(9-15)11-19/h6-10,12H,5H2,1-4H3. The molecule has 0 bridgehead atoms. The summed E-state index contributed by atoms with van der Waals surface area (Å²) in [5.74, 6) is 0. The molecule has 20 heavy (non-hydrogen) atoms. The molecule has 0 unspecified atom stereocenters. The summed E-state index contributed by atoms with van der Waals surface area (Å²) in [7, 11) is 0. The zero-order valence-corrected chi connectivity index (χ0v) is 12.6. The van der Waals surface area contributed by atoms with E-state index in [1.54, 1.807) is 0 Å². The van der Waals surface area contributed by atoms with Gasteiger partial charge in [0, 0.05) is 22.9 Å². The van der Waals surface area contributed by atoms with Gasteiger partial charge in [0.2, 0.25) is 0 Å². The number of hydrogen-bond donors (Lipinski definition) is 0. The van der Waals surface area contributed by atoms with Crippen LogP contribution < -0.4 is 0 Å². The van der Waals surface area contributed by atoms with E-state index in [2.05, 4.69) is 44.8 Å². The number of hydrogen-bond acceptors (Lipinski definition) is 2. The molecule has 0 spiro atoms. The number of aromatic nitrogens is 1. The second-order valence-corrected chi connectivity index (χ2v) is 6.02. The highest BCUT2D eigenvalue weighted by Gasteiger charge is 2.17. The average Bonchev–Trinajstić information content (AvgIpc) is 2.45. The van der Waals surface area contributed by atoms with Crippen molar-refractivity contribution in [1.82, 2.24) is 4.98 Å². The van der Waals surface area contributed by atoms with Crippen LogP contribution in [0.1, 0.15) is 44.5 Å². The minimum atomic E-state index is 0.0525. The summed E-state index contributed by atoms with van der Waals surface area (Å²) in [5, 5.41) is 9.02. The largest absolute Gasteiger partial charge is 0.260 e. The molecule has 0 amide bonds. The van der Waals surface area contributed by atoms with Crippen molar-refractivity contribution in [3.63, 3.8) is 0 Å². The predicted octanol–water partition coefficient (Wildman–Crippen LogP) is 4.48. The molecular formula is C18H20N2. The van der Waals surface area contributed by atoms with Gasteiger partial charge >= 0.3 is 0 Å². The second-order valence-electron chi connectivity index (χ2n) is 6.02. The number of nitrogens with zero attached hydrogens (tertiary/aromatic N) is 2. The Hall–Kier alpha value is -2.14. The SMILES string of the molecule is CCc1cc(C(C)(C)C)ncc1-c1cccc(C#N)c1. The number of nitriles is 1. The summed E-state index contributed by atoms with van der Waals surface area (Å²) in [6.45, 7) is 8.67. The molecule has 1 aromatic carbocycles. The molecule has 0 aliphatic carbocycles. The minimum absolute atomic E-state index is 0.0525. The van der Waals surface area contributed by atoms with Gasteiger partial charge in [-0.15, -0.1) is 0 Å². The monoisotopic (exact) mass is 264 g/mol. The number of rotatable bonds is 2. The third-order valence-electron chi connectivity index (χ3n) is 3.44. The summed E-state index contributed by atoms with van der Waals surface area (Å²) in [5.41, 5.74) is 5.31. The third kappa shape index (κ3) is 2.88. The van der Waals surface area contributed by atoms with Gasteiger partial charge in [0.1, 0.15) is 0 Å². The molecule has 0 fully saturated rings. The van der Waals surface area contributed by atoms with Gasteiger partial charge in [0.15, 0.2) is 0 Å². The smallest absolute Gasteiger partial charge is 0.0991 e. The molecule has 1 aromatic heterocycles. The van der Waals surface area contributed by atoms with Crippen molar-refractivity contribution in [3.05, 3.63) is 53.3 Å². The molecule has 102 valence electrons. The van der Waals surface area contributed by atoms with Crippen LogP contribution in [0.25, 0.3) is 11.1 Å². The molecule has 2 nitrogen and oxygen atoms in total. The highest BCUT2D eigenvalue weighted by molar-refractivity contribution is 5.68. The van der Waals surface area contributed by atoms with Crippen LogP contribution in [0.4, 0.5) is 0 Å². The van der Waals surface area contributed by atoms with Gasteiger partial charge in [0.05, 0.1) is 11.6 Å². The van der Waals surface area contributed by atoms with E-state index < -0.39 is 0 Å². The Balaban J connectivity index is 2.55. The van der Waals surface area contributed by atoms with Crippen LogP contribution in [-0.4, -0.2) is 4.98 Å². The summed E-state index contributed by atoms with van der Waals surface area (Å²) in [6.07, 6.45) is 2.90. The first-order valence-corrected chi connectivity index (χ1v) is 6.95. The van der Waals surface area contributed by atoms with Gasteiger partial charge in [-0.3, -0.25) is 4.98 Å². The van der Waals surface area contributed by atoms with Gasteiger partial charge in [0.25, 0.3) is 0 Å². The van der Waals surface area contributed by atoms with Crippen molar-refractivity contribution in [1.29, 1.82) is 5.26 Å². The zero-order valence-electron chi connectivity index (χ0n) is 12.6. The maximum absolute atomic E-state index is 9.02. The summed E-state index contributed by atoms with van der Waals surface area (Å²) >= 11 is 0. The Labute approximate surface area is 121 Å². The summed E-state index contributed by atoms with van der Waals surface area (Å²) < 4.78 is 0. The Kier molecular flexibility index (Phi) is 3.90.